The van der Waals surface area contributed by atoms with Gasteiger partial charge in [-0.2, -0.15) is 0 Å². The molecule has 0 radical (unpaired) electrons. The number of methoxy groups -OCH3 is 3. The summed E-state index contributed by atoms with van der Waals surface area (Å²) in [5.41, 5.74) is 5.80. The Hall–Kier alpha value is -3.36. The molecule has 33 heavy (non-hydrogen) atoms. The summed E-state index contributed by atoms with van der Waals surface area (Å²) in [7, 11) is 3.51. The molecule has 0 amide bonds. The van der Waals surface area contributed by atoms with Crippen molar-refractivity contribution in [2.24, 2.45) is 9.98 Å². The predicted octanol–water partition coefficient (Wildman–Crippen LogP) is 5.15. The van der Waals surface area contributed by atoms with Gasteiger partial charge in [0, 0.05) is 41.5 Å². The molecule has 0 saturated carbocycles. The van der Waals surface area contributed by atoms with Gasteiger partial charge in [-0.3, -0.25) is 18.6 Å². The molecule has 0 unspecified atom stereocenters. The van der Waals surface area contributed by atoms with E-state index in [0.29, 0.717) is 51.0 Å². The van der Waals surface area contributed by atoms with Gasteiger partial charge in [0.2, 0.25) is 5.75 Å². The second kappa shape index (κ2) is 9.64. The van der Waals surface area contributed by atoms with Crippen LogP contribution in [0.4, 0.5) is 8.63 Å². The van der Waals surface area contributed by atoms with Crippen molar-refractivity contribution in [1.82, 2.24) is 4.48 Å². The van der Waals surface area contributed by atoms with Crippen molar-refractivity contribution in [1.29, 1.82) is 0 Å². The van der Waals surface area contributed by atoms with E-state index in [9.17, 15) is 8.63 Å². The zero-order valence-electron chi connectivity index (χ0n) is 20.2. The van der Waals surface area contributed by atoms with E-state index in [1.807, 2.05) is 20.8 Å². The Balaban J connectivity index is 2.51. The van der Waals surface area contributed by atoms with E-state index in [1.54, 1.807) is 38.4 Å². The lowest BCUT2D eigenvalue weighted by Crippen LogP contribution is -2.18. The fraction of sp³-hybridized carbons (Fsp3) is 0.333. The Morgan fingerprint density at radius 2 is 1.61 bits per heavy atom. The van der Waals surface area contributed by atoms with E-state index in [4.69, 9.17) is 19.2 Å². The van der Waals surface area contributed by atoms with Crippen molar-refractivity contribution in [3.8, 4) is 17.2 Å². The standard InChI is InChI=1S/C24H28BF2N3O3/c1-13-9-14(2)30(25(26)27)23(13)21(22-15(3)18(12-28-5)16(4)29-22)17-10-19(31-6)24(33-8)20(11-17)32-7/h9-12H,1-8H3/b22-21-,28-12+. The molecule has 3 rings (SSSR count). The van der Waals surface area contributed by atoms with E-state index in [-0.39, 0.29) is 0 Å². The highest BCUT2D eigenvalue weighted by molar-refractivity contribution is 6.41. The second-order valence-electron chi connectivity index (χ2n) is 7.73. The maximum atomic E-state index is 14.2. The van der Waals surface area contributed by atoms with Gasteiger partial charge in [0.25, 0.3) is 0 Å². The molecule has 0 spiro atoms. The van der Waals surface area contributed by atoms with Crippen LogP contribution in [0.3, 0.4) is 0 Å². The molecule has 9 heteroatoms. The van der Waals surface area contributed by atoms with Crippen molar-refractivity contribution in [2.45, 2.75) is 27.7 Å². The quantitative estimate of drug-likeness (QED) is 0.429. The van der Waals surface area contributed by atoms with E-state index >= 15 is 0 Å². The minimum absolute atomic E-state index is 0.386. The molecular formula is C24H28BF2N3O3. The largest absolute Gasteiger partial charge is 0.677 e. The molecule has 1 aliphatic rings. The molecule has 0 saturated heterocycles. The Morgan fingerprint density at radius 1 is 1.00 bits per heavy atom. The third-order valence-corrected chi connectivity index (χ3v) is 5.73. The molecule has 1 aliphatic heterocycles. The molecule has 6 nitrogen and oxygen atoms in total. The number of rotatable bonds is 7. The van der Waals surface area contributed by atoms with Crippen LogP contribution in [0.5, 0.6) is 17.2 Å². The van der Waals surface area contributed by atoms with Crippen molar-refractivity contribution < 1.29 is 22.8 Å². The smallest absolute Gasteiger partial charge is 0.493 e. The number of hydrogen-bond donors (Lipinski definition) is 0. The summed E-state index contributed by atoms with van der Waals surface area (Å²) in [4.78, 5) is 8.92. The minimum atomic E-state index is -2.72. The van der Waals surface area contributed by atoms with Crippen molar-refractivity contribution in [3.63, 3.8) is 0 Å². The molecular weight excluding hydrogens is 427 g/mol. The van der Waals surface area contributed by atoms with Gasteiger partial charge in [-0.05, 0) is 62.6 Å². The topological polar surface area (TPSA) is 57.3 Å². The highest BCUT2D eigenvalue weighted by Crippen LogP contribution is 2.44. The van der Waals surface area contributed by atoms with Gasteiger partial charge in [0.15, 0.2) is 11.5 Å². The van der Waals surface area contributed by atoms with Crippen LogP contribution in [0.1, 0.15) is 36.4 Å². The fourth-order valence-corrected chi connectivity index (χ4v) is 4.27. The van der Waals surface area contributed by atoms with Crippen LogP contribution in [-0.2, 0) is 0 Å². The van der Waals surface area contributed by atoms with Gasteiger partial charge >= 0.3 is 7.40 Å². The molecule has 1 aromatic carbocycles. The van der Waals surface area contributed by atoms with Crippen LogP contribution in [0.2, 0.25) is 0 Å². The Morgan fingerprint density at radius 3 is 2.09 bits per heavy atom. The lowest BCUT2D eigenvalue weighted by molar-refractivity contribution is 0.324. The first-order valence-corrected chi connectivity index (χ1v) is 10.4. The molecule has 0 bridgehead atoms. The summed E-state index contributed by atoms with van der Waals surface area (Å²) in [6.45, 7) is 7.28. The Kier molecular flexibility index (Phi) is 7.10. The summed E-state index contributed by atoms with van der Waals surface area (Å²) in [6.07, 6.45) is 1.73. The lowest BCUT2D eigenvalue weighted by Gasteiger charge is -2.19. The number of aryl methyl sites for hydroxylation is 2. The van der Waals surface area contributed by atoms with Gasteiger partial charge < -0.3 is 18.7 Å². The predicted molar refractivity (Wildman–Crippen MR) is 130 cm³/mol. The van der Waals surface area contributed by atoms with Crippen LogP contribution in [-0.4, -0.2) is 52.2 Å². The van der Waals surface area contributed by atoms with Gasteiger partial charge in [0.1, 0.15) is 0 Å². The third-order valence-electron chi connectivity index (χ3n) is 5.73. The summed E-state index contributed by atoms with van der Waals surface area (Å²) in [6, 6.07) is 5.26. The van der Waals surface area contributed by atoms with Crippen LogP contribution < -0.4 is 14.2 Å². The molecule has 0 atom stereocenters. The first-order chi connectivity index (χ1) is 15.7. The number of halogens is 2. The molecule has 2 aromatic rings. The summed E-state index contributed by atoms with van der Waals surface area (Å²) in [5, 5.41) is 0. The van der Waals surface area contributed by atoms with Gasteiger partial charge in [-0.1, -0.05) is 0 Å². The Labute approximate surface area is 193 Å². The molecule has 1 aromatic heterocycles. The fourth-order valence-electron chi connectivity index (χ4n) is 4.27. The summed E-state index contributed by atoms with van der Waals surface area (Å²) < 4.78 is 46.1. The zero-order valence-corrected chi connectivity index (χ0v) is 20.2. The van der Waals surface area contributed by atoms with E-state index < -0.39 is 7.40 Å². The maximum Gasteiger partial charge on any atom is 0.677 e. The van der Waals surface area contributed by atoms with E-state index in [2.05, 4.69) is 4.99 Å². The number of ether oxygens (including phenoxy) is 3. The van der Waals surface area contributed by atoms with Gasteiger partial charge in [-0.25, -0.2) is 0 Å². The minimum Gasteiger partial charge on any atom is -0.493 e. The van der Waals surface area contributed by atoms with Crippen LogP contribution >= 0.6 is 0 Å². The number of aliphatic imine (C=N–C) groups is 2. The molecule has 0 aliphatic carbocycles. The lowest BCUT2D eigenvalue weighted by atomic mass is 9.93. The van der Waals surface area contributed by atoms with Crippen LogP contribution in [0, 0.1) is 13.8 Å². The van der Waals surface area contributed by atoms with Crippen molar-refractivity contribution in [2.75, 3.05) is 28.4 Å². The highest BCUT2D eigenvalue weighted by atomic mass is 19.2. The number of hydrogen-bond acceptors (Lipinski definition) is 5. The highest BCUT2D eigenvalue weighted by Gasteiger charge is 2.31. The molecule has 0 N–H and O–H groups in total. The normalized spacial score (nSPS) is 15.3. The summed E-state index contributed by atoms with van der Waals surface area (Å²) >= 11 is 0. The van der Waals surface area contributed by atoms with E-state index in [1.165, 1.54) is 21.3 Å². The second-order valence-corrected chi connectivity index (χ2v) is 7.73. The zero-order chi connectivity index (χ0) is 24.4. The van der Waals surface area contributed by atoms with E-state index in [0.717, 1.165) is 21.3 Å². The third kappa shape index (κ3) is 4.19. The number of nitrogens with zero attached hydrogens (tertiary/aromatic N) is 3. The number of benzene rings is 1. The van der Waals surface area contributed by atoms with Crippen molar-refractivity contribution >= 4 is 24.9 Å². The molecule has 2 heterocycles. The van der Waals surface area contributed by atoms with Gasteiger partial charge in [0.05, 0.1) is 27.0 Å². The van der Waals surface area contributed by atoms with Crippen LogP contribution in [0.25, 0.3) is 5.57 Å². The first kappa shape index (κ1) is 24.3. The SMILES string of the molecule is C/N=C/C1=C(C)C(=C(\c2cc(OC)c(OC)c(OC)c2)c2c(C)cc(C)n2B(F)F)/N=C1C. The summed E-state index contributed by atoms with van der Waals surface area (Å²) in [5.74, 6) is 1.26. The monoisotopic (exact) mass is 455 g/mol. The number of aromatic nitrogens is 1. The average Bonchev–Trinajstić information content (AvgIpc) is 3.23. The maximum absolute atomic E-state index is 14.2. The Bertz CT molecular complexity index is 1180. The van der Waals surface area contributed by atoms with Crippen molar-refractivity contribution in [3.05, 3.63) is 57.6 Å². The first-order valence-electron chi connectivity index (χ1n) is 10.4. The molecule has 0 fully saturated rings. The van der Waals surface area contributed by atoms with Gasteiger partial charge in [-0.15, -0.1) is 0 Å². The average molecular weight is 455 g/mol. The van der Waals surface area contributed by atoms with Crippen LogP contribution in [0.15, 0.2) is 45.0 Å². The number of allylic oxidation sites excluding steroid dienone is 2. The molecule has 174 valence electrons.